The lowest BCUT2D eigenvalue weighted by Crippen LogP contribution is -1.93. The van der Waals surface area contributed by atoms with Gasteiger partial charge >= 0.3 is 0 Å². The first-order valence-corrected chi connectivity index (χ1v) is 3.68. The van der Waals surface area contributed by atoms with Gasteiger partial charge in [-0.25, -0.2) is 9.97 Å². The first kappa shape index (κ1) is 7.24. The van der Waals surface area contributed by atoms with Gasteiger partial charge in [0.15, 0.2) is 0 Å². The third kappa shape index (κ3) is 0.887. The van der Waals surface area contributed by atoms with Crippen molar-refractivity contribution in [2.75, 3.05) is 0 Å². The molecule has 0 unspecified atom stereocenters. The first-order chi connectivity index (χ1) is 5.83. The van der Waals surface area contributed by atoms with E-state index in [4.69, 9.17) is 5.11 Å². The molecule has 0 bridgehead atoms. The molecule has 0 saturated carbocycles. The summed E-state index contributed by atoms with van der Waals surface area (Å²) in [5.41, 5.74) is 1.54. The molecule has 0 radical (unpaired) electrons. The van der Waals surface area contributed by atoms with Crippen LogP contribution in [0.3, 0.4) is 0 Å². The standard InChI is InChI=1S/C8H9N3O/c1-11-3-2-6-7(4-12)9-5-10-8(6)11/h2-3,5,12H,4H2,1H3. The van der Waals surface area contributed by atoms with Crippen molar-refractivity contribution in [3.8, 4) is 0 Å². The predicted octanol–water partition coefficient (Wildman–Crippen LogP) is 0.461. The van der Waals surface area contributed by atoms with Crippen LogP contribution in [0, 0.1) is 0 Å². The second-order valence-corrected chi connectivity index (χ2v) is 2.64. The van der Waals surface area contributed by atoms with Crippen LogP contribution < -0.4 is 0 Å². The second-order valence-electron chi connectivity index (χ2n) is 2.64. The van der Waals surface area contributed by atoms with Gasteiger partial charge in [0.05, 0.1) is 12.3 Å². The van der Waals surface area contributed by atoms with Crippen molar-refractivity contribution in [1.82, 2.24) is 14.5 Å². The molecule has 12 heavy (non-hydrogen) atoms. The van der Waals surface area contributed by atoms with Gasteiger partial charge in [-0.2, -0.15) is 0 Å². The van der Waals surface area contributed by atoms with E-state index in [-0.39, 0.29) is 6.61 Å². The Morgan fingerprint density at radius 1 is 1.50 bits per heavy atom. The number of nitrogens with zero attached hydrogens (tertiary/aromatic N) is 3. The van der Waals surface area contributed by atoms with Crippen molar-refractivity contribution in [1.29, 1.82) is 0 Å². The van der Waals surface area contributed by atoms with E-state index in [2.05, 4.69) is 9.97 Å². The Balaban J connectivity index is 2.81. The highest BCUT2D eigenvalue weighted by molar-refractivity contribution is 5.78. The quantitative estimate of drug-likeness (QED) is 0.664. The Morgan fingerprint density at radius 3 is 3.08 bits per heavy atom. The molecule has 0 saturated heterocycles. The zero-order valence-electron chi connectivity index (χ0n) is 6.73. The van der Waals surface area contributed by atoms with E-state index in [1.165, 1.54) is 6.33 Å². The molecule has 2 aromatic heterocycles. The highest BCUT2D eigenvalue weighted by atomic mass is 16.3. The fraction of sp³-hybridized carbons (Fsp3) is 0.250. The summed E-state index contributed by atoms with van der Waals surface area (Å²) < 4.78 is 1.90. The lowest BCUT2D eigenvalue weighted by molar-refractivity contribution is 0.278. The third-order valence-corrected chi connectivity index (χ3v) is 1.89. The summed E-state index contributed by atoms with van der Waals surface area (Å²) in [5.74, 6) is 0. The van der Waals surface area contributed by atoms with E-state index in [0.29, 0.717) is 5.69 Å². The number of hydrogen-bond donors (Lipinski definition) is 1. The fourth-order valence-corrected chi connectivity index (χ4v) is 1.26. The first-order valence-electron chi connectivity index (χ1n) is 3.68. The van der Waals surface area contributed by atoms with Crippen LogP contribution >= 0.6 is 0 Å². The predicted molar refractivity (Wildman–Crippen MR) is 44.4 cm³/mol. The Kier molecular flexibility index (Phi) is 1.55. The molecule has 0 fully saturated rings. The van der Waals surface area contributed by atoms with Gasteiger partial charge < -0.3 is 9.67 Å². The Hall–Kier alpha value is -1.42. The molecule has 2 rings (SSSR count). The van der Waals surface area contributed by atoms with Crippen LogP contribution in [-0.4, -0.2) is 19.6 Å². The Morgan fingerprint density at radius 2 is 2.33 bits per heavy atom. The topological polar surface area (TPSA) is 50.9 Å². The molecule has 62 valence electrons. The summed E-state index contributed by atoms with van der Waals surface area (Å²) in [6, 6.07) is 1.90. The number of hydrogen-bond acceptors (Lipinski definition) is 3. The van der Waals surface area contributed by atoms with Crippen LogP contribution in [-0.2, 0) is 13.7 Å². The average molecular weight is 163 g/mol. The second kappa shape index (κ2) is 2.57. The minimum atomic E-state index is -0.0387. The molecule has 0 atom stereocenters. The maximum Gasteiger partial charge on any atom is 0.143 e. The van der Waals surface area contributed by atoms with Crippen LogP contribution in [0.1, 0.15) is 5.69 Å². The normalized spacial score (nSPS) is 10.8. The van der Waals surface area contributed by atoms with E-state index in [0.717, 1.165) is 11.0 Å². The van der Waals surface area contributed by atoms with Crippen molar-refractivity contribution in [3.63, 3.8) is 0 Å². The monoisotopic (exact) mass is 163 g/mol. The molecule has 0 aliphatic heterocycles. The van der Waals surface area contributed by atoms with Gasteiger partial charge in [-0.1, -0.05) is 0 Å². The van der Waals surface area contributed by atoms with Gasteiger partial charge in [0.2, 0.25) is 0 Å². The van der Waals surface area contributed by atoms with E-state index in [1.54, 1.807) is 0 Å². The summed E-state index contributed by atoms with van der Waals surface area (Å²) in [6.45, 7) is -0.0387. The van der Waals surface area contributed by atoms with E-state index in [1.807, 2.05) is 23.9 Å². The maximum absolute atomic E-state index is 8.95. The molecule has 2 aromatic rings. The van der Waals surface area contributed by atoms with Crippen LogP contribution in [0.5, 0.6) is 0 Å². The van der Waals surface area contributed by atoms with Crippen molar-refractivity contribution in [2.24, 2.45) is 7.05 Å². The van der Waals surface area contributed by atoms with Gasteiger partial charge in [0.25, 0.3) is 0 Å². The number of rotatable bonds is 1. The van der Waals surface area contributed by atoms with Gasteiger partial charge in [-0.05, 0) is 6.07 Å². The van der Waals surface area contributed by atoms with E-state index < -0.39 is 0 Å². The maximum atomic E-state index is 8.95. The Bertz CT molecular complexity index is 408. The van der Waals surface area contributed by atoms with Crippen molar-refractivity contribution in [3.05, 3.63) is 24.3 Å². The summed E-state index contributed by atoms with van der Waals surface area (Å²) in [6.07, 6.45) is 3.37. The molecule has 0 spiro atoms. The van der Waals surface area contributed by atoms with E-state index >= 15 is 0 Å². The van der Waals surface area contributed by atoms with Crippen LogP contribution in [0.15, 0.2) is 18.6 Å². The lowest BCUT2D eigenvalue weighted by Gasteiger charge is -1.97. The number of aryl methyl sites for hydroxylation is 1. The summed E-state index contributed by atoms with van der Waals surface area (Å²) in [7, 11) is 1.91. The molecule has 2 heterocycles. The molecule has 0 aromatic carbocycles. The molecule has 4 nitrogen and oxygen atoms in total. The molecule has 0 aliphatic carbocycles. The molecule has 1 N–H and O–H groups in total. The zero-order chi connectivity index (χ0) is 8.55. The number of aliphatic hydroxyl groups excluding tert-OH is 1. The van der Waals surface area contributed by atoms with Gasteiger partial charge in [-0.15, -0.1) is 0 Å². The minimum absolute atomic E-state index is 0.0387. The highest BCUT2D eigenvalue weighted by Crippen LogP contribution is 2.14. The molecular formula is C8H9N3O. The number of fused-ring (bicyclic) bond motifs is 1. The van der Waals surface area contributed by atoms with Gasteiger partial charge in [0, 0.05) is 18.6 Å². The van der Waals surface area contributed by atoms with Crippen LogP contribution in [0.2, 0.25) is 0 Å². The van der Waals surface area contributed by atoms with Gasteiger partial charge in [-0.3, -0.25) is 0 Å². The highest BCUT2D eigenvalue weighted by Gasteiger charge is 2.03. The molecule has 0 amide bonds. The molecule has 0 aliphatic rings. The number of aromatic nitrogens is 3. The van der Waals surface area contributed by atoms with Crippen molar-refractivity contribution < 1.29 is 5.11 Å². The van der Waals surface area contributed by atoms with Crippen molar-refractivity contribution >= 4 is 11.0 Å². The molecule has 4 heteroatoms. The summed E-state index contributed by atoms with van der Waals surface area (Å²) in [4.78, 5) is 8.05. The lowest BCUT2D eigenvalue weighted by atomic mass is 10.3. The van der Waals surface area contributed by atoms with Gasteiger partial charge in [0.1, 0.15) is 12.0 Å². The minimum Gasteiger partial charge on any atom is -0.390 e. The average Bonchev–Trinajstić information content (AvgIpc) is 2.48. The Labute approximate surface area is 69.5 Å². The number of aliphatic hydroxyl groups is 1. The molecular weight excluding hydrogens is 154 g/mol. The summed E-state index contributed by atoms with van der Waals surface area (Å²) in [5, 5.41) is 9.86. The SMILES string of the molecule is Cn1ccc2c(CO)ncnc21. The van der Waals surface area contributed by atoms with Crippen molar-refractivity contribution in [2.45, 2.75) is 6.61 Å². The fourth-order valence-electron chi connectivity index (χ4n) is 1.26. The third-order valence-electron chi connectivity index (χ3n) is 1.89. The van der Waals surface area contributed by atoms with Crippen LogP contribution in [0.4, 0.5) is 0 Å². The smallest absolute Gasteiger partial charge is 0.143 e. The zero-order valence-corrected chi connectivity index (χ0v) is 6.73. The largest absolute Gasteiger partial charge is 0.390 e. The summed E-state index contributed by atoms with van der Waals surface area (Å²) >= 11 is 0. The van der Waals surface area contributed by atoms with Crippen LogP contribution in [0.25, 0.3) is 11.0 Å². The van der Waals surface area contributed by atoms with E-state index in [9.17, 15) is 0 Å².